The number of nitriles is 1. The van der Waals surface area contributed by atoms with Crippen LogP contribution in [-0.4, -0.2) is 48.0 Å². The summed E-state index contributed by atoms with van der Waals surface area (Å²) in [5.41, 5.74) is 4.16. The summed E-state index contributed by atoms with van der Waals surface area (Å²) in [6, 6.07) is 12.5. The molecular formula is C20H22N6O. The Labute approximate surface area is 158 Å². The van der Waals surface area contributed by atoms with Crippen LogP contribution in [0.25, 0.3) is 22.2 Å². The van der Waals surface area contributed by atoms with Gasteiger partial charge in [-0.1, -0.05) is 6.07 Å². The zero-order valence-corrected chi connectivity index (χ0v) is 15.1. The van der Waals surface area contributed by atoms with Crippen molar-refractivity contribution >= 4 is 16.7 Å². The van der Waals surface area contributed by atoms with Gasteiger partial charge in [0.1, 0.15) is 11.5 Å². The minimum atomic E-state index is 0.514. The van der Waals surface area contributed by atoms with Gasteiger partial charge >= 0.3 is 0 Å². The molecule has 1 saturated heterocycles. The molecule has 3 heterocycles. The lowest BCUT2D eigenvalue weighted by molar-refractivity contribution is 0.122. The molecule has 138 valence electrons. The lowest BCUT2D eigenvalue weighted by Crippen LogP contribution is -2.36. The van der Waals surface area contributed by atoms with Crippen LogP contribution in [0.5, 0.6) is 0 Å². The topological polar surface area (TPSA) is 89.9 Å². The molecular weight excluding hydrogens is 340 g/mol. The van der Waals surface area contributed by atoms with E-state index in [1.165, 1.54) is 5.56 Å². The third-order valence-electron chi connectivity index (χ3n) is 4.72. The van der Waals surface area contributed by atoms with Crippen LogP contribution < -0.4 is 10.2 Å². The minimum absolute atomic E-state index is 0.514. The number of rotatable bonds is 6. The second-order valence-corrected chi connectivity index (χ2v) is 6.54. The van der Waals surface area contributed by atoms with E-state index in [1.807, 2.05) is 12.3 Å². The molecule has 0 atom stereocenters. The van der Waals surface area contributed by atoms with Crippen LogP contribution in [0, 0.1) is 11.3 Å². The van der Waals surface area contributed by atoms with Crippen LogP contribution in [0.3, 0.4) is 0 Å². The van der Waals surface area contributed by atoms with Crippen molar-refractivity contribution in [3.05, 3.63) is 42.1 Å². The van der Waals surface area contributed by atoms with E-state index >= 15 is 0 Å². The lowest BCUT2D eigenvalue weighted by Gasteiger charge is -2.27. The van der Waals surface area contributed by atoms with E-state index < -0.39 is 0 Å². The molecule has 1 aliphatic rings. The van der Waals surface area contributed by atoms with Crippen LogP contribution in [-0.2, 0) is 11.3 Å². The molecule has 7 heteroatoms. The Kier molecular flexibility index (Phi) is 5.28. The number of morpholine rings is 1. The molecule has 0 saturated carbocycles. The monoisotopic (exact) mass is 362 g/mol. The van der Waals surface area contributed by atoms with Gasteiger partial charge in [-0.2, -0.15) is 10.4 Å². The maximum absolute atomic E-state index is 8.64. The van der Waals surface area contributed by atoms with Crippen LogP contribution in [0.1, 0.15) is 12.0 Å². The molecule has 3 aromatic rings. The summed E-state index contributed by atoms with van der Waals surface area (Å²) in [5, 5.41) is 20.7. The Morgan fingerprint density at radius 3 is 2.96 bits per heavy atom. The van der Waals surface area contributed by atoms with Gasteiger partial charge in [-0.25, -0.2) is 4.98 Å². The first kappa shape index (κ1) is 17.5. The zero-order chi connectivity index (χ0) is 18.5. The lowest BCUT2D eigenvalue weighted by atomic mass is 10.1. The standard InChI is InChI=1S/C20H22N6O/c21-5-1-6-22-14-15-2-3-18-17(12-15)20(25-24-18)16-4-7-23-19(13-16)26-8-10-27-11-9-26/h2-4,7,12-13,22H,1,6,8-11,14H2,(H,24,25). The fraction of sp³-hybridized carbons (Fsp3) is 0.350. The number of anilines is 1. The minimum Gasteiger partial charge on any atom is -0.378 e. The number of hydrogen-bond donors (Lipinski definition) is 2. The second-order valence-electron chi connectivity index (χ2n) is 6.54. The normalized spacial score (nSPS) is 14.4. The van der Waals surface area contributed by atoms with E-state index in [1.54, 1.807) is 0 Å². The fourth-order valence-corrected chi connectivity index (χ4v) is 3.30. The first-order valence-electron chi connectivity index (χ1n) is 9.19. The number of hydrogen-bond acceptors (Lipinski definition) is 6. The van der Waals surface area contributed by atoms with Crippen molar-refractivity contribution in [3.8, 4) is 17.3 Å². The first-order valence-corrected chi connectivity index (χ1v) is 9.19. The molecule has 1 fully saturated rings. The van der Waals surface area contributed by atoms with Gasteiger partial charge in [0, 0.05) is 49.7 Å². The number of benzene rings is 1. The first-order chi connectivity index (χ1) is 13.3. The van der Waals surface area contributed by atoms with Crippen molar-refractivity contribution in [1.29, 1.82) is 5.26 Å². The van der Waals surface area contributed by atoms with Gasteiger partial charge in [-0.05, 0) is 29.8 Å². The fourth-order valence-electron chi connectivity index (χ4n) is 3.30. The van der Waals surface area contributed by atoms with E-state index in [0.29, 0.717) is 13.0 Å². The largest absolute Gasteiger partial charge is 0.378 e. The highest BCUT2D eigenvalue weighted by Crippen LogP contribution is 2.29. The van der Waals surface area contributed by atoms with E-state index in [0.717, 1.165) is 60.8 Å². The number of H-pyrrole nitrogens is 1. The summed E-state index contributed by atoms with van der Waals surface area (Å²) in [6.07, 6.45) is 2.36. The molecule has 0 radical (unpaired) electrons. The number of nitrogens with zero attached hydrogens (tertiary/aromatic N) is 4. The van der Waals surface area contributed by atoms with E-state index in [-0.39, 0.29) is 0 Å². The zero-order valence-electron chi connectivity index (χ0n) is 15.1. The van der Waals surface area contributed by atoms with Crippen molar-refractivity contribution in [3.63, 3.8) is 0 Å². The molecule has 0 amide bonds. The Hall–Kier alpha value is -2.95. The Balaban J connectivity index is 1.60. The summed E-state index contributed by atoms with van der Waals surface area (Å²) < 4.78 is 5.43. The third kappa shape index (κ3) is 3.92. The molecule has 0 aliphatic carbocycles. The number of nitrogens with one attached hydrogen (secondary N) is 2. The Morgan fingerprint density at radius 2 is 2.11 bits per heavy atom. The second kappa shape index (κ2) is 8.16. The highest BCUT2D eigenvalue weighted by atomic mass is 16.5. The predicted molar refractivity (Wildman–Crippen MR) is 104 cm³/mol. The number of aromatic nitrogens is 3. The van der Waals surface area contributed by atoms with Crippen LogP contribution >= 0.6 is 0 Å². The van der Waals surface area contributed by atoms with E-state index in [9.17, 15) is 0 Å². The van der Waals surface area contributed by atoms with E-state index in [2.05, 4.69) is 55.7 Å². The van der Waals surface area contributed by atoms with Gasteiger partial charge < -0.3 is 15.0 Å². The molecule has 7 nitrogen and oxygen atoms in total. The average molecular weight is 362 g/mol. The summed E-state index contributed by atoms with van der Waals surface area (Å²) in [4.78, 5) is 6.77. The molecule has 0 bridgehead atoms. The average Bonchev–Trinajstić information content (AvgIpc) is 3.15. The smallest absolute Gasteiger partial charge is 0.129 e. The maximum Gasteiger partial charge on any atom is 0.129 e. The third-order valence-corrected chi connectivity index (χ3v) is 4.72. The quantitative estimate of drug-likeness (QED) is 0.655. The SMILES string of the molecule is N#CCCNCc1ccc2[nH]nc(-c3ccnc(N4CCOCC4)c3)c2c1. The molecule has 1 aromatic carbocycles. The summed E-state index contributed by atoms with van der Waals surface area (Å²) in [6.45, 7) is 4.61. The van der Waals surface area contributed by atoms with Crippen molar-refractivity contribution in [2.75, 3.05) is 37.7 Å². The molecule has 0 spiro atoms. The summed E-state index contributed by atoms with van der Waals surface area (Å²) in [5.74, 6) is 0.960. The van der Waals surface area contributed by atoms with E-state index in [4.69, 9.17) is 10.00 Å². The summed E-state index contributed by atoms with van der Waals surface area (Å²) >= 11 is 0. The van der Waals surface area contributed by atoms with Gasteiger partial charge in [-0.3, -0.25) is 5.10 Å². The number of fused-ring (bicyclic) bond motifs is 1. The van der Waals surface area contributed by atoms with Crippen LogP contribution in [0.15, 0.2) is 36.5 Å². The Bertz CT molecular complexity index is 955. The van der Waals surface area contributed by atoms with Gasteiger partial charge in [0.25, 0.3) is 0 Å². The Morgan fingerprint density at radius 1 is 1.22 bits per heavy atom. The van der Waals surface area contributed by atoms with Gasteiger partial charge in [-0.15, -0.1) is 0 Å². The highest BCUT2D eigenvalue weighted by Gasteiger charge is 2.15. The molecule has 1 aliphatic heterocycles. The number of aromatic amines is 1. The molecule has 27 heavy (non-hydrogen) atoms. The predicted octanol–water partition coefficient (Wildman–Crippen LogP) is 2.46. The number of pyridine rings is 1. The highest BCUT2D eigenvalue weighted by molar-refractivity contribution is 5.93. The van der Waals surface area contributed by atoms with Crippen LogP contribution in [0.2, 0.25) is 0 Å². The van der Waals surface area contributed by atoms with Crippen molar-refractivity contribution < 1.29 is 4.74 Å². The van der Waals surface area contributed by atoms with Crippen molar-refractivity contribution in [1.82, 2.24) is 20.5 Å². The van der Waals surface area contributed by atoms with Crippen molar-refractivity contribution in [2.24, 2.45) is 0 Å². The van der Waals surface area contributed by atoms with Crippen LogP contribution in [0.4, 0.5) is 5.82 Å². The molecule has 2 aromatic heterocycles. The van der Waals surface area contributed by atoms with Crippen molar-refractivity contribution in [2.45, 2.75) is 13.0 Å². The maximum atomic E-state index is 8.64. The summed E-state index contributed by atoms with van der Waals surface area (Å²) in [7, 11) is 0. The van der Waals surface area contributed by atoms with Gasteiger partial charge in [0.15, 0.2) is 0 Å². The molecule has 4 rings (SSSR count). The molecule has 2 N–H and O–H groups in total. The number of ether oxygens (including phenoxy) is 1. The van der Waals surface area contributed by atoms with Gasteiger partial charge in [0.2, 0.25) is 0 Å². The molecule has 0 unspecified atom stereocenters. The van der Waals surface area contributed by atoms with Gasteiger partial charge in [0.05, 0.1) is 24.8 Å².